The molecule has 0 radical (unpaired) electrons. The third-order valence-electron chi connectivity index (χ3n) is 2.77. The van der Waals surface area contributed by atoms with E-state index in [0.717, 1.165) is 11.0 Å². The molecule has 0 saturated carbocycles. The van der Waals surface area contributed by atoms with Crippen molar-refractivity contribution in [3.63, 3.8) is 0 Å². The van der Waals surface area contributed by atoms with E-state index in [-0.39, 0.29) is 5.82 Å². The molecule has 17 heavy (non-hydrogen) atoms. The fourth-order valence-electron chi connectivity index (χ4n) is 1.92. The molecular formula is C13H15FNOP. The van der Waals surface area contributed by atoms with Crippen LogP contribution in [-0.4, -0.2) is 18.3 Å². The Morgan fingerprint density at radius 2 is 2.06 bits per heavy atom. The summed E-state index contributed by atoms with van der Waals surface area (Å²) in [6.45, 7) is 5.37. The Kier molecular flexibility index (Phi) is 3.05. The van der Waals surface area contributed by atoms with Crippen molar-refractivity contribution >= 4 is 23.3 Å². The summed E-state index contributed by atoms with van der Waals surface area (Å²) in [6.07, 6.45) is 0.658. The molecule has 0 aliphatic carbocycles. The van der Waals surface area contributed by atoms with Crippen LogP contribution in [0.25, 0.3) is 10.9 Å². The van der Waals surface area contributed by atoms with E-state index >= 15 is 0 Å². The van der Waals surface area contributed by atoms with Crippen LogP contribution in [0, 0.1) is 5.82 Å². The van der Waals surface area contributed by atoms with Gasteiger partial charge in [0.2, 0.25) is 0 Å². The number of aryl methyl sites for hydroxylation is 1. The Morgan fingerprint density at radius 1 is 1.35 bits per heavy atom. The molecule has 0 saturated heterocycles. The average Bonchev–Trinajstić information content (AvgIpc) is 2.27. The van der Waals surface area contributed by atoms with Gasteiger partial charge in [-0.3, -0.25) is 0 Å². The van der Waals surface area contributed by atoms with Crippen molar-refractivity contribution in [2.75, 3.05) is 13.3 Å². The predicted molar refractivity (Wildman–Crippen MR) is 70.2 cm³/mol. The molecule has 4 heteroatoms. The molecule has 90 valence electrons. The van der Waals surface area contributed by atoms with Crippen LogP contribution in [0.1, 0.15) is 12.6 Å². The summed E-state index contributed by atoms with van der Waals surface area (Å²) >= 11 is 0. The van der Waals surface area contributed by atoms with Crippen LogP contribution in [0.15, 0.2) is 24.3 Å². The molecule has 2 nitrogen and oxygen atoms in total. The van der Waals surface area contributed by atoms with E-state index in [1.807, 2.05) is 13.0 Å². The largest absolute Gasteiger partial charge is 0.319 e. The number of para-hydroxylation sites is 1. The molecule has 0 aliphatic rings. The zero-order valence-electron chi connectivity index (χ0n) is 10.2. The molecule has 0 N–H and O–H groups in total. The Labute approximate surface area is 100 Å². The zero-order chi connectivity index (χ0) is 12.6. The molecule has 1 aromatic carbocycles. The summed E-state index contributed by atoms with van der Waals surface area (Å²) in [5, 5.41) is 1.47. The summed E-state index contributed by atoms with van der Waals surface area (Å²) in [6, 6.07) is 6.64. The SMILES string of the molecule is CCc1nc2c(F)cccc2cc1P(C)(C)=O. The topological polar surface area (TPSA) is 30.0 Å². The second-order valence-electron chi connectivity index (χ2n) is 4.47. The van der Waals surface area contributed by atoms with Gasteiger partial charge in [0.1, 0.15) is 18.5 Å². The number of hydrogen-bond acceptors (Lipinski definition) is 2. The number of fused-ring (bicyclic) bond motifs is 1. The molecule has 2 aromatic rings. The quantitative estimate of drug-likeness (QED) is 0.767. The van der Waals surface area contributed by atoms with Gasteiger partial charge in [0, 0.05) is 10.7 Å². The maximum absolute atomic E-state index is 13.6. The molecule has 1 heterocycles. The Balaban J connectivity index is 2.83. The second-order valence-corrected chi connectivity index (χ2v) is 7.65. The van der Waals surface area contributed by atoms with Crippen molar-refractivity contribution in [1.29, 1.82) is 0 Å². The van der Waals surface area contributed by atoms with Crippen LogP contribution in [0.5, 0.6) is 0 Å². The predicted octanol–water partition coefficient (Wildman–Crippen LogP) is 3.18. The third kappa shape index (κ3) is 2.25. The summed E-state index contributed by atoms with van der Waals surface area (Å²) in [4.78, 5) is 4.31. The molecule has 0 atom stereocenters. The van der Waals surface area contributed by atoms with Crippen molar-refractivity contribution in [3.05, 3.63) is 35.8 Å². The van der Waals surface area contributed by atoms with Gasteiger partial charge in [-0.1, -0.05) is 19.1 Å². The summed E-state index contributed by atoms with van der Waals surface area (Å²) < 4.78 is 25.8. The van der Waals surface area contributed by atoms with Crippen LogP contribution < -0.4 is 5.30 Å². The Morgan fingerprint density at radius 3 is 2.65 bits per heavy atom. The van der Waals surface area contributed by atoms with Gasteiger partial charge in [0.15, 0.2) is 0 Å². The van der Waals surface area contributed by atoms with E-state index in [0.29, 0.717) is 17.3 Å². The highest BCUT2D eigenvalue weighted by molar-refractivity contribution is 7.70. The first-order chi connectivity index (χ1) is 7.93. The normalized spacial score (nSPS) is 12.0. The fourth-order valence-corrected chi connectivity index (χ4v) is 3.20. The highest BCUT2D eigenvalue weighted by Gasteiger charge is 2.18. The van der Waals surface area contributed by atoms with E-state index < -0.39 is 7.14 Å². The molecule has 0 spiro atoms. The first-order valence-corrected chi connectivity index (χ1v) is 8.17. The van der Waals surface area contributed by atoms with Crippen LogP contribution in [-0.2, 0) is 11.0 Å². The van der Waals surface area contributed by atoms with E-state index in [9.17, 15) is 8.96 Å². The fraction of sp³-hybridized carbons (Fsp3) is 0.308. The van der Waals surface area contributed by atoms with Gasteiger partial charge in [-0.2, -0.15) is 0 Å². The van der Waals surface area contributed by atoms with Crippen molar-refractivity contribution in [3.8, 4) is 0 Å². The molecule has 0 unspecified atom stereocenters. The number of pyridine rings is 1. The summed E-state index contributed by atoms with van der Waals surface area (Å²) in [7, 11) is -2.38. The number of rotatable bonds is 2. The van der Waals surface area contributed by atoms with Crippen LogP contribution in [0.3, 0.4) is 0 Å². The van der Waals surface area contributed by atoms with E-state index in [1.54, 1.807) is 25.5 Å². The molecule has 1 aromatic heterocycles. The molecule has 0 aliphatic heterocycles. The first kappa shape index (κ1) is 12.3. The number of nitrogens with zero attached hydrogens (tertiary/aromatic N) is 1. The number of benzene rings is 1. The minimum absolute atomic E-state index is 0.328. The van der Waals surface area contributed by atoms with Crippen LogP contribution in [0.2, 0.25) is 0 Å². The second kappa shape index (κ2) is 4.23. The summed E-state index contributed by atoms with van der Waals surface area (Å²) in [5.74, 6) is -0.328. The van der Waals surface area contributed by atoms with Crippen LogP contribution in [0.4, 0.5) is 4.39 Å². The maximum atomic E-state index is 13.6. The number of aromatic nitrogens is 1. The monoisotopic (exact) mass is 251 g/mol. The minimum Gasteiger partial charge on any atom is -0.319 e. The number of hydrogen-bond donors (Lipinski definition) is 0. The molecule has 0 bridgehead atoms. The van der Waals surface area contributed by atoms with Gasteiger partial charge in [-0.15, -0.1) is 0 Å². The van der Waals surface area contributed by atoms with Crippen molar-refractivity contribution in [1.82, 2.24) is 4.98 Å². The van der Waals surface area contributed by atoms with E-state index in [4.69, 9.17) is 0 Å². The molecule has 0 fully saturated rings. The van der Waals surface area contributed by atoms with Crippen molar-refractivity contribution < 1.29 is 8.96 Å². The lowest BCUT2D eigenvalue weighted by molar-refractivity contribution is 0.588. The zero-order valence-corrected chi connectivity index (χ0v) is 11.1. The van der Waals surface area contributed by atoms with Gasteiger partial charge < -0.3 is 4.57 Å². The highest BCUT2D eigenvalue weighted by atomic mass is 31.2. The molecule has 2 rings (SSSR count). The van der Waals surface area contributed by atoms with Crippen molar-refractivity contribution in [2.24, 2.45) is 0 Å². The lowest BCUT2D eigenvalue weighted by atomic mass is 10.2. The first-order valence-electron chi connectivity index (χ1n) is 5.57. The summed E-state index contributed by atoms with van der Waals surface area (Å²) in [5.41, 5.74) is 1.09. The minimum atomic E-state index is -2.38. The maximum Gasteiger partial charge on any atom is 0.149 e. The van der Waals surface area contributed by atoms with Crippen molar-refractivity contribution in [2.45, 2.75) is 13.3 Å². The lowest BCUT2D eigenvalue weighted by Crippen LogP contribution is -2.12. The van der Waals surface area contributed by atoms with Gasteiger partial charge in [0.25, 0.3) is 0 Å². The van der Waals surface area contributed by atoms with E-state index in [1.165, 1.54) is 6.07 Å². The van der Waals surface area contributed by atoms with E-state index in [2.05, 4.69) is 4.98 Å². The smallest absolute Gasteiger partial charge is 0.149 e. The van der Waals surface area contributed by atoms with Gasteiger partial charge in [-0.05, 0) is 31.9 Å². The average molecular weight is 251 g/mol. The Hall–Kier alpha value is -1.21. The third-order valence-corrected chi connectivity index (χ3v) is 4.32. The number of halogens is 1. The molecule has 0 amide bonds. The highest BCUT2D eigenvalue weighted by Crippen LogP contribution is 2.36. The lowest BCUT2D eigenvalue weighted by Gasteiger charge is -2.13. The van der Waals surface area contributed by atoms with Crippen LogP contribution >= 0.6 is 7.14 Å². The molecular weight excluding hydrogens is 236 g/mol. The van der Waals surface area contributed by atoms with Gasteiger partial charge in [-0.25, -0.2) is 9.37 Å². The van der Waals surface area contributed by atoms with Gasteiger partial charge >= 0.3 is 0 Å². The van der Waals surface area contributed by atoms with Gasteiger partial charge in [0.05, 0.1) is 5.69 Å². The Bertz CT molecular complexity index is 618. The standard InChI is InChI=1S/C13H15FNOP/c1-4-11-12(17(2,3)16)8-9-6-5-7-10(14)13(9)15-11/h5-8H,4H2,1-3H3.